The number of carbonyl (C=O) groups is 1. The number of hydrogen-bond acceptors (Lipinski definition) is 3. The van der Waals surface area contributed by atoms with Crippen LogP contribution in [-0.2, 0) is 10.8 Å². The van der Waals surface area contributed by atoms with Gasteiger partial charge in [0.25, 0.3) is 0 Å². The van der Waals surface area contributed by atoms with Crippen molar-refractivity contribution in [2.24, 2.45) is 0 Å². The van der Waals surface area contributed by atoms with Gasteiger partial charge in [-0.05, 0) is 37.8 Å². The smallest absolute Gasteiger partial charge is 0.317 e. The summed E-state index contributed by atoms with van der Waals surface area (Å²) < 4.78 is 11.7. The average Bonchev–Trinajstić information content (AvgIpc) is 2.54. The molecule has 1 saturated carbocycles. The van der Waals surface area contributed by atoms with Crippen molar-refractivity contribution < 1.29 is 9.00 Å². The number of anilines is 1. The van der Waals surface area contributed by atoms with Gasteiger partial charge in [-0.3, -0.25) is 4.21 Å². The highest BCUT2D eigenvalue weighted by molar-refractivity contribution is 7.85. The summed E-state index contributed by atoms with van der Waals surface area (Å²) in [6, 6.07) is 10.4. The minimum absolute atomic E-state index is 0.0220. The van der Waals surface area contributed by atoms with E-state index in [0.717, 1.165) is 44.3 Å². The van der Waals surface area contributed by atoms with Gasteiger partial charge in [0.1, 0.15) is 0 Å². The molecule has 1 aliphatic carbocycles. The maximum Gasteiger partial charge on any atom is 0.317 e. The lowest BCUT2D eigenvalue weighted by Crippen LogP contribution is -2.55. The van der Waals surface area contributed by atoms with E-state index in [9.17, 15) is 9.00 Å². The number of rotatable bonds is 5. The molecule has 0 unspecified atom stereocenters. The fraction of sp³-hybridized carbons (Fsp3) is 0.611. The Bertz CT molecular complexity index is 589. The van der Waals surface area contributed by atoms with Crippen LogP contribution in [0.4, 0.5) is 10.5 Å². The Morgan fingerprint density at radius 1 is 1.29 bits per heavy atom. The summed E-state index contributed by atoms with van der Waals surface area (Å²) in [4.78, 5) is 14.4. The molecule has 3 rings (SSSR count). The fourth-order valence-corrected chi connectivity index (χ4v) is 4.67. The van der Waals surface area contributed by atoms with Gasteiger partial charge in [0.05, 0.1) is 4.75 Å². The zero-order valence-electron chi connectivity index (χ0n) is 14.3. The third-order valence-corrected chi connectivity index (χ3v) is 7.06. The SMILES string of the molecule is C[S@](=O)C1(CNC(=O)N2CCC[C@H](Nc3ccccc3)C2)CCC1. The molecule has 1 aromatic carbocycles. The van der Waals surface area contributed by atoms with E-state index in [4.69, 9.17) is 0 Å². The quantitative estimate of drug-likeness (QED) is 0.859. The lowest BCUT2D eigenvalue weighted by Gasteiger charge is -2.41. The van der Waals surface area contributed by atoms with Gasteiger partial charge >= 0.3 is 6.03 Å². The topological polar surface area (TPSA) is 61.4 Å². The summed E-state index contributed by atoms with van der Waals surface area (Å²) in [6.45, 7) is 2.03. The fourth-order valence-electron chi connectivity index (χ4n) is 3.53. The summed E-state index contributed by atoms with van der Waals surface area (Å²) >= 11 is 0. The van der Waals surface area contributed by atoms with Gasteiger partial charge in [-0.15, -0.1) is 0 Å². The van der Waals surface area contributed by atoms with Crippen molar-refractivity contribution in [1.29, 1.82) is 0 Å². The first-order valence-corrected chi connectivity index (χ1v) is 10.3. The number of carbonyl (C=O) groups excluding carboxylic acids is 1. The Kier molecular flexibility index (Phi) is 5.43. The van der Waals surface area contributed by atoms with Gasteiger partial charge in [-0.1, -0.05) is 24.6 Å². The Morgan fingerprint density at radius 3 is 2.67 bits per heavy atom. The van der Waals surface area contributed by atoms with Gasteiger partial charge in [-0.25, -0.2) is 4.79 Å². The van der Waals surface area contributed by atoms with E-state index in [1.165, 1.54) is 0 Å². The third kappa shape index (κ3) is 3.91. The first kappa shape index (κ1) is 17.3. The van der Waals surface area contributed by atoms with Crippen molar-refractivity contribution in [1.82, 2.24) is 10.2 Å². The molecule has 1 aromatic rings. The van der Waals surface area contributed by atoms with Gasteiger partial charge < -0.3 is 15.5 Å². The molecule has 6 heteroatoms. The molecule has 0 aromatic heterocycles. The van der Waals surface area contributed by atoms with Crippen LogP contribution in [0.2, 0.25) is 0 Å². The van der Waals surface area contributed by atoms with E-state index < -0.39 is 10.8 Å². The minimum Gasteiger partial charge on any atom is -0.381 e. The summed E-state index contributed by atoms with van der Waals surface area (Å²) in [5.74, 6) is 0. The highest BCUT2D eigenvalue weighted by Gasteiger charge is 2.41. The second-order valence-electron chi connectivity index (χ2n) is 6.94. The molecule has 24 heavy (non-hydrogen) atoms. The van der Waals surface area contributed by atoms with Gasteiger partial charge in [0.15, 0.2) is 0 Å². The van der Waals surface area contributed by atoms with Gasteiger partial charge in [0, 0.05) is 48.4 Å². The second-order valence-corrected chi connectivity index (χ2v) is 8.72. The maximum absolute atomic E-state index is 12.5. The van der Waals surface area contributed by atoms with Crippen molar-refractivity contribution in [2.75, 3.05) is 31.2 Å². The zero-order valence-corrected chi connectivity index (χ0v) is 15.1. The Morgan fingerprint density at radius 2 is 2.04 bits per heavy atom. The summed E-state index contributed by atoms with van der Waals surface area (Å²) in [5, 5.41) is 6.54. The number of amides is 2. The molecule has 2 amide bonds. The third-order valence-electron chi connectivity index (χ3n) is 5.29. The lowest BCUT2D eigenvalue weighted by molar-refractivity contribution is 0.179. The molecular weight excluding hydrogens is 322 g/mol. The first-order chi connectivity index (χ1) is 11.6. The lowest BCUT2D eigenvalue weighted by atomic mass is 9.84. The predicted octanol–water partition coefficient (Wildman–Crippen LogP) is 2.57. The molecule has 0 spiro atoms. The zero-order chi connectivity index (χ0) is 17.0. The van der Waals surface area contributed by atoms with E-state index in [0.29, 0.717) is 13.1 Å². The molecule has 5 nitrogen and oxygen atoms in total. The van der Waals surface area contributed by atoms with Gasteiger partial charge in [0.2, 0.25) is 0 Å². The van der Waals surface area contributed by atoms with Crippen LogP contribution in [0.25, 0.3) is 0 Å². The summed E-state index contributed by atoms with van der Waals surface area (Å²) in [6.07, 6.45) is 6.85. The molecule has 0 bridgehead atoms. The van der Waals surface area contributed by atoms with Crippen LogP contribution in [0, 0.1) is 0 Å². The molecule has 132 valence electrons. The number of likely N-dealkylation sites (tertiary alicyclic amines) is 1. The molecule has 1 heterocycles. The maximum atomic E-state index is 12.5. The van der Waals surface area contributed by atoms with Crippen LogP contribution in [0.1, 0.15) is 32.1 Å². The van der Waals surface area contributed by atoms with Crippen LogP contribution in [0.5, 0.6) is 0 Å². The number of urea groups is 1. The van der Waals surface area contributed by atoms with Crippen LogP contribution in [-0.4, -0.2) is 51.8 Å². The number of hydrogen-bond donors (Lipinski definition) is 2. The average molecular weight is 350 g/mol. The first-order valence-electron chi connectivity index (χ1n) is 8.77. The molecule has 2 N–H and O–H groups in total. The van der Waals surface area contributed by atoms with E-state index in [1.54, 1.807) is 6.26 Å². The Hall–Kier alpha value is -1.56. The van der Waals surface area contributed by atoms with E-state index in [2.05, 4.69) is 22.8 Å². The van der Waals surface area contributed by atoms with Crippen molar-refractivity contribution in [3.05, 3.63) is 30.3 Å². The summed E-state index contributed by atoms with van der Waals surface area (Å²) in [5.41, 5.74) is 1.10. The molecule has 1 saturated heterocycles. The van der Waals surface area contributed by atoms with Crippen LogP contribution < -0.4 is 10.6 Å². The van der Waals surface area contributed by atoms with Crippen LogP contribution in [0.15, 0.2) is 30.3 Å². The number of piperidine rings is 1. The molecule has 1 aliphatic heterocycles. The van der Waals surface area contributed by atoms with E-state index in [1.807, 2.05) is 23.1 Å². The van der Waals surface area contributed by atoms with Gasteiger partial charge in [-0.2, -0.15) is 0 Å². The normalized spacial score (nSPS) is 23.9. The van der Waals surface area contributed by atoms with Crippen molar-refractivity contribution in [3.63, 3.8) is 0 Å². The second kappa shape index (κ2) is 7.55. The highest BCUT2D eigenvalue weighted by atomic mass is 32.2. The van der Waals surface area contributed by atoms with Crippen LogP contribution in [0.3, 0.4) is 0 Å². The summed E-state index contributed by atoms with van der Waals surface area (Å²) in [7, 11) is -0.883. The van der Waals surface area contributed by atoms with Crippen molar-refractivity contribution in [3.8, 4) is 0 Å². The number of nitrogens with one attached hydrogen (secondary N) is 2. The number of para-hydroxylation sites is 1. The van der Waals surface area contributed by atoms with Crippen molar-refractivity contribution in [2.45, 2.75) is 42.9 Å². The largest absolute Gasteiger partial charge is 0.381 e. The standard InChI is InChI=1S/C18H27N3O2S/c1-24(23)18(10-6-11-18)14-19-17(22)21-12-5-9-16(13-21)20-15-7-3-2-4-8-15/h2-4,7-8,16,20H,5-6,9-14H2,1H3,(H,19,22)/t16-,24-/m0/s1. The minimum atomic E-state index is -0.883. The molecule has 2 atom stereocenters. The van der Waals surface area contributed by atoms with E-state index >= 15 is 0 Å². The van der Waals surface area contributed by atoms with Crippen molar-refractivity contribution >= 4 is 22.5 Å². The number of nitrogens with zero attached hydrogens (tertiary/aromatic N) is 1. The molecule has 2 fully saturated rings. The Labute approximate surface area is 146 Å². The molecule has 0 radical (unpaired) electrons. The molecule has 2 aliphatic rings. The van der Waals surface area contributed by atoms with E-state index in [-0.39, 0.29) is 16.8 Å². The molecular formula is C18H27N3O2S. The Balaban J connectivity index is 1.50. The highest BCUT2D eigenvalue weighted by Crippen LogP contribution is 2.36. The van der Waals surface area contributed by atoms with Crippen LogP contribution >= 0.6 is 0 Å². The number of benzene rings is 1. The predicted molar refractivity (Wildman–Crippen MR) is 98.7 cm³/mol. The monoisotopic (exact) mass is 349 g/mol.